The van der Waals surface area contributed by atoms with E-state index in [0.29, 0.717) is 10.8 Å². The number of nitrogens with one attached hydrogen (secondary N) is 2. The molecule has 0 bridgehead atoms. The molecule has 0 saturated heterocycles. The summed E-state index contributed by atoms with van der Waals surface area (Å²) in [6, 6.07) is 0. The summed E-state index contributed by atoms with van der Waals surface area (Å²) in [7, 11) is 0. The first-order valence-corrected chi connectivity index (χ1v) is 15.7. The summed E-state index contributed by atoms with van der Waals surface area (Å²) in [4.78, 5) is 7.36. The van der Waals surface area contributed by atoms with Crippen LogP contribution in [0.15, 0.2) is 12.5 Å². The molecular formula is C32H55N3O. The zero-order chi connectivity index (χ0) is 25.3. The molecule has 10 atom stereocenters. The Morgan fingerprint density at radius 3 is 2.64 bits per heavy atom. The van der Waals surface area contributed by atoms with E-state index >= 15 is 0 Å². The zero-order valence-electron chi connectivity index (χ0n) is 23.8. The highest BCUT2D eigenvalue weighted by molar-refractivity contribution is 5.09. The van der Waals surface area contributed by atoms with E-state index in [0.717, 1.165) is 79.5 Å². The Kier molecular flexibility index (Phi) is 8.23. The van der Waals surface area contributed by atoms with Gasteiger partial charge in [0.05, 0.1) is 18.1 Å². The van der Waals surface area contributed by atoms with Gasteiger partial charge in [-0.25, -0.2) is 4.98 Å². The van der Waals surface area contributed by atoms with Gasteiger partial charge in [-0.2, -0.15) is 0 Å². The molecule has 0 spiro atoms. The molecule has 0 radical (unpaired) electrons. The van der Waals surface area contributed by atoms with E-state index < -0.39 is 0 Å². The van der Waals surface area contributed by atoms with Gasteiger partial charge in [-0.3, -0.25) is 0 Å². The van der Waals surface area contributed by atoms with E-state index in [2.05, 4.69) is 43.0 Å². The number of aliphatic hydroxyl groups excluding tert-OH is 1. The number of aromatic nitrogens is 2. The largest absolute Gasteiger partial charge is 0.393 e. The van der Waals surface area contributed by atoms with Gasteiger partial charge in [-0.1, -0.05) is 40.5 Å². The van der Waals surface area contributed by atoms with Crippen LogP contribution in [0.3, 0.4) is 0 Å². The van der Waals surface area contributed by atoms with Gasteiger partial charge >= 0.3 is 0 Å². The minimum atomic E-state index is -0.0226. The Balaban J connectivity index is 1.09. The van der Waals surface area contributed by atoms with E-state index in [1.807, 2.05) is 6.20 Å². The number of imidazole rings is 1. The van der Waals surface area contributed by atoms with Crippen molar-refractivity contribution in [2.24, 2.45) is 52.3 Å². The van der Waals surface area contributed by atoms with Crippen molar-refractivity contribution in [2.45, 2.75) is 117 Å². The molecule has 4 nitrogen and oxygen atoms in total. The maximum atomic E-state index is 10.3. The minimum absolute atomic E-state index is 0.0226. The summed E-state index contributed by atoms with van der Waals surface area (Å²) in [6.07, 6.45) is 21.1. The second-order valence-corrected chi connectivity index (χ2v) is 14.3. The molecule has 204 valence electrons. The first-order chi connectivity index (χ1) is 17.3. The number of hydrogen-bond acceptors (Lipinski definition) is 3. The molecule has 2 unspecified atom stereocenters. The Labute approximate surface area is 221 Å². The first kappa shape index (κ1) is 26.7. The molecule has 4 aliphatic rings. The third-order valence-corrected chi connectivity index (χ3v) is 12.4. The van der Waals surface area contributed by atoms with Gasteiger partial charge in [0.1, 0.15) is 0 Å². The second-order valence-electron chi connectivity index (χ2n) is 14.3. The van der Waals surface area contributed by atoms with Crippen molar-refractivity contribution in [3.63, 3.8) is 0 Å². The predicted octanol–water partition coefficient (Wildman–Crippen LogP) is 7.00. The van der Waals surface area contributed by atoms with Gasteiger partial charge in [0.2, 0.25) is 0 Å². The molecule has 4 heteroatoms. The summed E-state index contributed by atoms with van der Waals surface area (Å²) in [6.45, 7) is 12.5. The second kappa shape index (κ2) is 11.1. The molecule has 1 heterocycles. The van der Waals surface area contributed by atoms with Crippen molar-refractivity contribution < 1.29 is 5.11 Å². The Hall–Kier alpha value is -0.870. The maximum absolute atomic E-state index is 10.3. The molecule has 5 rings (SSSR count). The molecule has 3 N–H and O–H groups in total. The Bertz CT molecular complexity index is 825. The smallest absolute Gasteiger partial charge is 0.0923 e. The van der Waals surface area contributed by atoms with E-state index in [1.165, 1.54) is 64.2 Å². The van der Waals surface area contributed by atoms with Crippen LogP contribution in [0, 0.1) is 52.3 Å². The summed E-state index contributed by atoms with van der Waals surface area (Å²) in [5.41, 5.74) is 2.24. The van der Waals surface area contributed by atoms with E-state index in [-0.39, 0.29) is 6.10 Å². The number of nitrogens with zero attached hydrogens (tertiary/aromatic N) is 1. The Morgan fingerprint density at radius 2 is 1.83 bits per heavy atom. The van der Waals surface area contributed by atoms with Crippen LogP contribution >= 0.6 is 0 Å². The summed E-state index contributed by atoms with van der Waals surface area (Å²) >= 11 is 0. The summed E-state index contributed by atoms with van der Waals surface area (Å²) in [5, 5.41) is 14.0. The molecule has 4 aliphatic carbocycles. The monoisotopic (exact) mass is 497 g/mol. The van der Waals surface area contributed by atoms with E-state index in [4.69, 9.17) is 0 Å². The van der Waals surface area contributed by atoms with Crippen LogP contribution in [0.25, 0.3) is 0 Å². The van der Waals surface area contributed by atoms with E-state index in [1.54, 1.807) is 6.33 Å². The predicted molar refractivity (Wildman–Crippen MR) is 149 cm³/mol. The van der Waals surface area contributed by atoms with Gasteiger partial charge < -0.3 is 15.4 Å². The number of hydrogen-bond donors (Lipinski definition) is 3. The van der Waals surface area contributed by atoms with Gasteiger partial charge in [-0.15, -0.1) is 0 Å². The van der Waals surface area contributed by atoms with Gasteiger partial charge in [0.25, 0.3) is 0 Å². The molecular weight excluding hydrogens is 442 g/mol. The quantitative estimate of drug-likeness (QED) is 0.305. The summed E-state index contributed by atoms with van der Waals surface area (Å²) < 4.78 is 0. The van der Waals surface area contributed by atoms with Crippen LogP contribution in [-0.4, -0.2) is 34.3 Å². The van der Waals surface area contributed by atoms with Crippen molar-refractivity contribution >= 4 is 0 Å². The van der Waals surface area contributed by atoms with Crippen molar-refractivity contribution in [1.82, 2.24) is 15.3 Å². The number of aliphatic hydroxyl groups is 1. The van der Waals surface area contributed by atoms with Gasteiger partial charge in [0, 0.05) is 19.2 Å². The highest BCUT2D eigenvalue weighted by atomic mass is 16.3. The van der Waals surface area contributed by atoms with Crippen molar-refractivity contribution in [3.8, 4) is 0 Å². The van der Waals surface area contributed by atoms with Crippen molar-refractivity contribution in [1.29, 1.82) is 0 Å². The fraction of sp³-hybridized carbons (Fsp3) is 0.906. The molecule has 1 aromatic rings. The summed E-state index contributed by atoms with van der Waals surface area (Å²) in [5.74, 6) is 6.19. The van der Waals surface area contributed by atoms with Gasteiger partial charge in [0.15, 0.2) is 0 Å². The average Bonchev–Trinajstić information content (AvgIpc) is 3.49. The molecule has 0 aromatic carbocycles. The molecule has 4 fully saturated rings. The highest BCUT2D eigenvalue weighted by Crippen LogP contribution is 2.68. The van der Waals surface area contributed by atoms with Crippen LogP contribution in [0.5, 0.6) is 0 Å². The highest BCUT2D eigenvalue weighted by Gasteiger charge is 2.60. The number of H-pyrrole nitrogens is 1. The van der Waals surface area contributed by atoms with Crippen LogP contribution in [-0.2, 0) is 6.42 Å². The lowest BCUT2D eigenvalue weighted by Gasteiger charge is -2.61. The van der Waals surface area contributed by atoms with Crippen LogP contribution in [0.4, 0.5) is 0 Å². The lowest BCUT2D eigenvalue weighted by molar-refractivity contribution is -0.129. The molecule has 36 heavy (non-hydrogen) atoms. The number of rotatable bonds is 10. The van der Waals surface area contributed by atoms with Crippen LogP contribution in [0.1, 0.15) is 110 Å². The van der Waals surface area contributed by atoms with Crippen LogP contribution < -0.4 is 5.32 Å². The number of fused-ring (bicyclic) bond motifs is 5. The molecule has 0 amide bonds. The van der Waals surface area contributed by atoms with Crippen molar-refractivity contribution in [2.75, 3.05) is 13.1 Å². The van der Waals surface area contributed by atoms with Crippen LogP contribution in [0.2, 0.25) is 0 Å². The topological polar surface area (TPSA) is 60.9 Å². The molecule has 0 aliphatic heterocycles. The standard InChI is InChI=1S/C32H55N3O/c1-22(19-33-17-14-25-20-34-21-35-25)6-5-7-23(2)28-10-11-29-27-9-8-24-18-26(36)12-15-31(24,3)30(27)13-16-32(28,29)4/h20-24,26-30,33,36H,5-19H2,1-4H3,(H,34,35)/t22?,23-,24?,26+,27+,28-,29+,30+,31+,32-/m1/s1. The third kappa shape index (κ3) is 5.20. The molecule has 4 saturated carbocycles. The average molecular weight is 498 g/mol. The Morgan fingerprint density at radius 1 is 1.03 bits per heavy atom. The number of aromatic amines is 1. The van der Waals surface area contributed by atoms with E-state index in [9.17, 15) is 5.11 Å². The molecule has 1 aromatic heterocycles. The normalized spacial score (nSPS) is 41.8. The minimum Gasteiger partial charge on any atom is -0.393 e. The third-order valence-electron chi connectivity index (χ3n) is 12.4. The lowest BCUT2D eigenvalue weighted by Crippen LogP contribution is -2.54. The zero-order valence-corrected chi connectivity index (χ0v) is 23.8. The first-order valence-electron chi connectivity index (χ1n) is 15.7. The fourth-order valence-electron chi connectivity index (χ4n) is 10.3. The van der Waals surface area contributed by atoms with Crippen molar-refractivity contribution in [3.05, 3.63) is 18.2 Å². The SMILES string of the molecule is CC(CCC[C@@H](C)[C@H]1CC[C@H]2[C@@H]3CCC4C[C@@H](O)CC[C@]4(C)[C@H]3CC[C@]12C)CNCCc1c[nH]cn1. The fourth-order valence-corrected chi connectivity index (χ4v) is 10.3. The maximum Gasteiger partial charge on any atom is 0.0923 e. The lowest BCUT2D eigenvalue weighted by atomic mass is 9.44. The van der Waals surface area contributed by atoms with Gasteiger partial charge in [-0.05, 0) is 123 Å².